The van der Waals surface area contributed by atoms with Crippen LogP contribution in [0.25, 0.3) is 0 Å². The van der Waals surface area contributed by atoms with Crippen molar-refractivity contribution < 1.29 is 28.6 Å². The second kappa shape index (κ2) is 11.1. The molecule has 0 saturated heterocycles. The zero-order valence-corrected chi connectivity index (χ0v) is 20.4. The number of benzene rings is 2. The number of nitrogen functional groups attached to an aromatic ring is 1. The summed E-state index contributed by atoms with van der Waals surface area (Å²) in [6.07, 6.45) is 0.325. The summed E-state index contributed by atoms with van der Waals surface area (Å²) in [5.74, 6) is -3.47. The third kappa shape index (κ3) is 6.87. The lowest BCUT2D eigenvalue weighted by molar-refractivity contribution is -0.123. The summed E-state index contributed by atoms with van der Waals surface area (Å²) in [4.78, 5) is 37.2. The van der Waals surface area contributed by atoms with Gasteiger partial charge in [0, 0.05) is 21.5 Å². The molecule has 0 atom stereocenters. The topological polar surface area (TPSA) is 143 Å². The number of hydrogen-bond donors (Lipinski definition) is 4. The van der Waals surface area contributed by atoms with Crippen molar-refractivity contribution in [3.63, 3.8) is 0 Å². The number of carbonyl (C=O) groups is 3. The van der Waals surface area contributed by atoms with Gasteiger partial charge in [-0.05, 0) is 61.0 Å². The Morgan fingerprint density at radius 1 is 1.09 bits per heavy atom. The van der Waals surface area contributed by atoms with Gasteiger partial charge in [-0.25, -0.2) is 14.0 Å². The average Bonchev–Trinajstić information content (AvgIpc) is 3.23. The maximum atomic E-state index is 14.1. The van der Waals surface area contributed by atoms with Gasteiger partial charge in [0.1, 0.15) is 10.7 Å². The molecule has 1 aromatic heterocycles. The third-order valence-corrected chi connectivity index (χ3v) is 5.99. The van der Waals surface area contributed by atoms with E-state index in [-0.39, 0.29) is 45.9 Å². The van der Waals surface area contributed by atoms with Gasteiger partial charge in [0.15, 0.2) is 11.6 Å². The smallest absolute Gasteiger partial charge is 0.353 e. The van der Waals surface area contributed by atoms with E-state index in [1.807, 2.05) is 0 Å². The minimum atomic E-state index is -1.05. The third-order valence-electron chi connectivity index (χ3n) is 4.93. The lowest BCUT2D eigenvalue weighted by Crippen LogP contribution is -2.32. The molecule has 11 heteroatoms. The number of carbonyl (C=O) groups excluding carboxylic acids is 2. The highest BCUT2D eigenvalue weighted by molar-refractivity contribution is 7.14. The summed E-state index contributed by atoms with van der Waals surface area (Å²) < 4.78 is 19.3. The Bertz CT molecular complexity index is 1270. The highest BCUT2D eigenvalue weighted by Crippen LogP contribution is 2.29. The molecule has 184 valence electrons. The lowest BCUT2D eigenvalue weighted by atomic mass is 9.87. The van der Waals surface area contributed by atoms with Crippen molar-refractivity contribution in [2.24, 2.45) is 11.1 Å². The number of carboxylic acid groups (broad SMARTS) is 1. The van der Waals surface area contributed by atoms with E-state index >= 15 is 0 Å². The number of rotatable bonds is 8. The molecule has 5 N–H and O–H groups in total. The van der Waals surface area contributed by atoms with E-state index in [2.05, 4.69) is 5.32 Å². The number of aromatic carboxylic acids is 1. The van der Waals surface area contributed by atoms with Gasteiger partial charge in [-0.2, -0.15) is 0 Å². The molecule has 2 aromatic carbocycles. The number of anilines is 1. The van der Waals surface area contributed by atoms with Crippen LogP contribution in [0.2, 0.25) is 0 Å². The number of esters is 1. The van der Waals surface area contributed by atoms with Crippen LogP contribution in [0.4, 0.5) is 10.1 Å². The first-order valence-corrected chi connectivity index (χ1v) is 10.9. The first-order valence-electron chi connectivity index (χ1n) is 10.1. The Morgan fingerprint density at radius 3 is 2.29 bits per heavy atom. The van der Waals surface area contributed by atoms with E-state index in [4.69, 9.17) is 21.0 Å². The van der Waals surface area contributed by atoms with Crippen molar-refractivity contribution in [3.05, 3.63) is 81.3 Å². The summed E-state index contributed by atoms with van der Waals surface area (Å²) in [5, 5.41) is 19.1. The van der Waals surface area contributed by atoms with Gasteiger partial charge < -0.3 is 20.9 Å². The Hall–Kier alpha value is -3.76. The van der Waals surface area contributed by atoms with E-state index in [0.717, 1.165) is 22.3 Å². The van der Waals surface area contributed by atoms with Gasteiger partial charge in [0.25, 0.3) is 0 Å². The number of halogens is 2. The number of carboxylic acids is 1. The Morgan fingerprint density at radius 2 is 1.71 bits per heavy atom. The number of amidine groups is 1. The van der Waals surface area contributed by atoms with Gasteiger partial charge in [0.05, 0.1) is 5.56 Å². The standard InChI is InChI=1S/C24H22FN3O5S.ClH/c1-24(2,23(32)28-15-6-3-13(4-7-15)21(29)30)12-16-8-10-19(34-16)22(31)33-18-9-5-14(20(26)27)11-17(18)25;/h3-11H,12H2,1-2H3,(H3,26,27)(H,28,32)(H,29,30);1H. The van der Waals surface area contributed by atoms with Crippen molar-refractivity contribution in [2.45, 2.75) is 20.3 Å². The van der Waals surface area contributed by atoms with Crippen molar-refractivity contribution in [3.8, 4) is 5.75 Å². The molecule has 0 spiro atoms. The highest BCUT2D eigenvalue weighted by Gasteiger charge is 2.29. The summed E-state index contributed by atoms with van der Waals surface area (Å²) in [7, 11) is 0. The van der Waals surface area contributed by atoms with Gasteiger partial charge in [-0.1, -0.05) is 13.8 Å². The second-order valence-electron chi connectivity index (χ2n) is 8.11. The maximum absolute atomic E-state index is 14.1. The molecule has 3 rings (SSSR count). The predicted molar refractivity (Wildman–Crippen MR) is 133 cm³/mol. The number of amides is 1. The molecule has 0 bridgehead atoms. The van der Waals surface area contributed by atoms with Crippen LogP contribution in [0.5, 0.6) is 5.75 Å². The van der Waals surface area contributed by atoms with Crippen LogP contribution in [0.3, 0.4) is 0 Å². The number of hydrogen-bond acceptors (Lipinski definition) is 6. The van der Waals surface area contributed by atoms with Crippen LogP contribution < -0.4 is 15.8 Å². The molecule has 1 heterocycles. The molecular weight excluding hydrogens is 497 g/mol. The van der Waals surface area contributed by atoms with Crippen LogP contribution in [0.15, 0.2) is 54.6 Å². The Labute approximate surface area is 210 Å². The quantitative estimate of drug-likeness (QED) is 0.147. The summed E-state index contributed by atoms with van der Waals surface area (Å²) in [6.45, 7) is 3.50. The van der Waals surface area contributed by atoms with Crippen LogP contribution in [-0.2, 0) is 11.2 Å². The van der Waals surface area contributed by atoms with Crippen LogP contribution >= 0.6 is 23.7 Å². The van der Waals surface area contributed by atoms with Crippen LogP contribution in [-0.4, -0.2) is 28.8 Å². The molecule has 0 aliphatic carbocycles. The summed E-state index contributed by atoms with van der Waals surface area (Å²) in [5.41, 5.74) is 5.24. The molecule has 0 aliphatic rings. The SMILES string of the molecule is CC(C)(Cc1ccc(C(=O)Oc2ccc(C(=N)N)cc2F)s1)C(=O)Nc1ccc(C(=O)O)cc1.Cl. The molecule has 8 nitrogen and oxygen atoms in total. The van der Waals surface area contributed by atoms with Crippen molar-refractivity contribution in [1.82, 2.24) is 0 Å². The molecule has 0 aliphatic heterocycles. The fourth-order valence-corrected chi connectivity index (χ4v) is 4.11. The van der Waals surface area contributed by atoms with Crippen molar-refractivity contribution >= 4 is 53.1 Å². The molecule has 35 heavy (non-hydrogen) atoms. The molecule has 3 aromatic rings. The molecule has 0 fully saturated rings. The van der Waals surface area contributed by atoms with Gasteiger partial charge in [-0.15, -0.1) is 23.7 Å². The van der Waals surface area contributed by atoms with E-state index in [1.165, 1.54) is 36.4 Å². The fourth-order valence-electron chi connectivity index (χ4n) is 3.00. The van der Waals surface area contributed by atoms with Gasteiger partial charge >= 0.3 is 11.9 Å². The normalized spacial score (nSPS) is 10.7. The van der Waals surface area contributed by atoms with E-state index in [0.29, 0.717) is 12.1 Å². The zero-order chi connectivity index (χ0) is 25.0. The Balaban J connectivity index is 0.00000432. The second-order valence-corrected chi connectivity index (χ2v) is 9.28. The first kappa shape index (κ1) is 27.5. The van der Waals surface area contributed by atoms with Crippen molar-refractivity contribution in [1.29, 1.82) is 5.41 Å². The fraction of sp³-hybridized carbons (Fsp3) is 0.167. The Kier molecular flexibility index (Phi) is 8.72. The first-order chi connectivity index (χ1) is 16.0. The molecular formula is C24H23ClFN3O5S. The number of nitrogens with two attached hydrogens (primary N) is 1. The van der Waals surface area contributed by atoms with E-state index in [9.17, 15) is 18.8 Å². The lowest BCUT2D eigenvalue weighted by Gasteiger charge is -2.23. The molecule has 0 saturated carbocycles. The highest BCUT2D eigenvalue weighted by atomic mass is 35.5. The monoisotopic (exact) mass is 519 g/mol. The summed E-state index contributed by atoms with van der Waals surface area (Å²) >= 11 is 1.13. The van der Waals surface area contributed by atoms with Gasteiger partial charge in [0.2, 0.25) is 5.91 Å². The molecule has 1 amide bonds. The number of nitrogens with one attached hydrogen (secondary N) is 2. The minimum Gasteiger partial charge on any atom is -0.478 e. The van der Waals surface area contributed by atoms with Crippen LogP contribution in [0.1, 0.15) is 44.3 Å². The zero-order valence-electron chi connectivity index (χ0n) is 18.8. The van der Waals surface area contributed by atoms with Gasteiger partial charge in [-0.3, -0.25) is 10.2 Å². The minimum absolute atomic E-state index is 0. The van der Waals surface area contributed by atoms with Crippen molar-refractivity contribution in [2.75, 3.05) is 5.32 Å². The number of thiophene rings is 1. The molecule has 0 radical (unpaired) electrons. The van der Waals surface area contributed by atoms with E-state index < -0.39 is 23.2 Å². The summed E-state index contributed by atoms with van der Waals surface area (Å²) in [6, 6.07) is 12.7. The largest absolute Gasteiger partial charge is 0.478 e. The van der Waals surface area contributed by atoms with E-state index in [1.54, 1.807) is 26.0 Å². The average molecular weight is 520 g/mol. The maximum Gasteiger partial charge on any atom is 0.353 e. The predicted octanol–water partition coefficient (Wildman–Crippen LogP) is 4.72. The van der Waals surface area contributed by atoms with Crippen LogP contribution in [0, 0.1) is 16.6 Å². The molecule has 0 unspecified atom stereocenters. The number of ether oxygens (including phenoxy) is 1.